The number of hydrogen-bond acceptors (Lipinski definition) is 6. The number of hydrogen-bond donors (Lipinski definition) is 0. The quantitative estimate of drug-likeness (QED) is 0.523. The molecule has 0 saturated heterocycles. The fraction of sp³-hybridized carbons (Fsp3) is 0.500. The summed E-state index contributed by atoms with van der Waals surface area (Å²) in [6.07, 6.45) is 3.74. The Labute approximate surface area is 161 Å². The zero-order valence-corrected chi connectivity index (χ0v) is 17.5. The fourth-order valence-corrected chi connectivity index (χ4v) is 4.39. The van der Waals surface area contributed by atoms with Crippen LogP contribution in [-0.4, -0.2) is 69.4 Å². The first kappa shape index (κ1) is 20.4. The fourth-order valence-electron chi connectivity index (χ4n) is 2.28. The van der Waals surface area contributed by atoms with Crippen LogP contribution in [0.15, 0.2) is 12.4 Å². The molecule has 0 aliphatic carbocycles. The highest BCUT2D eigenvalue weighted by Crippen LogP contribution is 2.31. The van der Waals surface area contributed by atoms with Gasteiger partial charge in [0.05, 0.1) is 0 Å². The topological polar surface area (TPSA) is 76.3 Å². The van der Waals surface area contributed by atoms with Gasteiger partial charge in [-0.15, -0.1) is 0 Å². The molecule has 0 aliphatic heterocycles. The maximum absolute atomic E-state index is 12.2. The van der Waals surface area contributed by atoms with Crippen LogP contribution in [0, 0.1) is 0 Å². The molecule has 0 atom stereocenters. The zero-order chi connectivity index (χ0) is 19.4. The van der Waals surface area contributed by atoms with Gasteiger partial charge in [-0.2, -0.15) is 10.2 Å². The highest BCUT2D eigenvalue weighted by molar-refractivity contribution is 8.76. The molecule has 0 radical (unpaired) electrons. The summed E-state index contributed by atoms with van der Waals surface area (Å²) in [7, 11) is 13.7. The van der Waals surface area contributed by atoms with Gasteiger partial charge >= 0.3 is 0 Å². The summed E-state index contributed by atoms with van der Waals surface area (Å²) in [5, 5.41) is 8.54. The summed E-state index contributed by atoms with van der Waals surface area (Å²) < 4.78 is 3.32. The second-order valence-electron chi connectivity index (χ2n) is 6.28. The van der Waals surface area contributed by atoms with E-state index in [-0.39, 0.29) is 11.8 Å². The Hall–Kier alpha value is -1.94. The van der Waals surface area contributed by atoms with Crippen molar-refractivity contribution in [1.29, 1.82) is 0 Å². The molecule has 0 bridgehead atoms. The summed E-state index contributed by atoms with van der Waals surface area (Å²) >= 11 is 0. The zero-order valence-electron chi connectivity index (χ0n) is 15.9. The van der Waals surface area contributed by atoms with E-state index < -0.39 is 0 Å². The molecule has 0 aromatic carbocycles. The lowest BCUT2D eigenvalue weighted by Gasteiger charge is -2.10. The lowest BCUT2D eigenvalue weighted by Crippen LogP contribution is -2.23. The molecule has 0 N–H and O–H groups in total. The van der Waals surface area contributed by atoms with Crippen molar-refractivity contribution in [2.45, 2.75) is 11.5 Å². The monoisotopic (exact) mass is 396 g/mol. The molecule has 2 aromatic heterocycles. The second-order valence-corrected chi connectivity index (χ2v) is 8.74. The first-order valence-corrected chi connectivity index (χ1v) is 10.4. The van der Waals surface area contributed by atoms with E-state index in [0.717, 1.165) is 11.1 Å². The Balaban J connectivity index is 1.98. The Kier molecular flexibility index (Phi) is 6.76. The molecule has 142 valence electrons. The third-order valence-corrected chi connectivity index (χ3v) is 5.77. The van der Waals surface area contributed by atoms with Crippen LogP contribution in [-0.2, 0) is 25.6 Å². The minimum Gasteiger partial charge on any atom is -0.343 e. The summed E-state index contributed by atoms with van der Waals surface area (Å²) in [6.45, 7) is 0. The lowest BCUT2D eigenvalue weighted by atomic mass is 10.2. The number of rotatable bonds is 7. The van der Waals surface area contributed by atoms with Crippen LogP contribution in [0.3, 0.4) is 0 Å². The van der Waals surface area contributed by atoms with Crippen molar-refractivity contribution in [1.82, 2.24) is 29.4 Å². The number of nitrogens with zero attached hydrogens (tertiary/aromatic N) is 6. The predicted molar refractivity (Wildman–Crippen MR) is 105 cm³/mol. The third-order valence-electron chi connectivity index (χ3n) is 3.54. The molecule has 8 nitrogen and oxygen atoms in total. The van der Waals surface area contributed by atoms with E-state index in [1.165, 1.54) is 9.80 Å². The minimum absolute atomic E-state index is 0.0997. The number of carbonyl (C=O) groups excluding carboxylic acids is 2. The maximum Gasteiger partial charge on any atom is 0.274 e. The van der Waals surface area contributed by atoms with Crippen LogP contribution >= 0.6 is 21.6 Å². The number of carbonyl (C=O) groups is 2. The van der Waals surface area contributed by atoms with Crippen molar-refractivity contribution in [2.24, 2.45) is 14.1 Å². The number of aromatic nitrogens is 4. The van der Waals surface area contributed by atoms with Crippen LogP contribution in [0.1, 0.15) is 32.1 Å². The summed E-state index contributed by atoms with van der Waals surface area (Å²) in [6, 6.07) is 0. The van der Waals surface area contributed by atoms with E-state index in [1.54, 1.807) is 59.1 Å². The molecule has 0 aliphatic rings. The molecule has 26 heavy (non-hydrogen) atoms. The van der Waals surface area contributed by atoms with E-state index in [2.05, 4.69) is 10.2 Å². The largest absolute Gasteiger partial charge is 0.343 e. The van der Waals surface area contributed by atoms with Crippen LogP contribution in [0.2, 0.25) is 0 Å². The molecular weight excluding hydrogens is 372 g/mol. The van der Waals surface area contributed by atoms with Crippen molar-refractivity contribution >= 4 is 33.4 Å². The smallest absolute Gasteiger partial charge is 0.274 e. The van der Waals surface area contributed by atoms with E-state index in [4.69, 9.17) is 0 Å². The Bertz CT molecular complexity index is 731. The van der Waals surface area contributed by atoms with E-state index >= 15 is 0 Å². The average molecular weight is 397 g/mol. The molecule has 0 spiro atoms. The first-order chi connectivity index (χ1) is 12.2. The molecule has 2 aromatic rings. The van der Waals surface area contributed by atoms with Gasteiger partial charge in [0.1, 0.15) is 0 Å². The summed E-state index contributed by atoms with van der Waals surface area (Å²) in [5.74, 6) is 1.12. The average Bonchev–Trinajstić information content (AvgIpc) is 3.12. The van der Waals surface area contributed by atoms with Gasteiger partial charge < -0.3 is 9.80 Å². The maximum atomic E-state index is 12.2. The minimum atomic E-state index is -0.0997. The van der Waals surface area contributed by atoms with Gasteiger partial charge in [0, 0.05) is 77.3 Å². The van der Waals surface area contributed by atoms with Crippen molar-refractivity contribution in [3.05, 3.63) is 34.9 Å². The normalized spacial score (nSPS) is 10.8. The Morgan fingerprint density at radius 3 is 1.50 bits per heavy atom. The van der Waals surface area contributed by atoms with Crippen molar-refractivity contribution in [3.8, 4) is 0 Å². The molecule has 10 heteroatoms. The van der Waals surface area contributed by atoms with Crippen LogP contribution in [0.5, 0.6) is 0 Å². The van der Waals surface area contributed by atoms with Gasteiger partial charge in [-0.05, 0) is 0 Å². The van der Waals surface area contributed by atoms with E-state index in [9.17, 15) is 9.59 Å². The summed E-state index contributed by atoms with van der Waals surface area (Å²) in [5.41, 5.74) is 2.77. The Morgan fingerprint density at radius 2 is 1.19 bits per heavy atom. The second kappa shape index (κ2) is 8.63. The van der Waals surface area contributed by atoms with Gasteiger partial charge in [-0.25, -0.2) is 0 Å². The van der Waals surface area contributed by atoms with E-state index in [1.807, 2.05) is 26.5 Å². The molecule has 0 fully saturated rings. The van der Waals surface area contributed by atoms with Gasteiger partial charge in [0.15, 0.2) is 11.4 Å². The van der Waals surface area contributed by atoms with Gasteiger partial charge in [0.2, 0.25) is 0 Å². The van der Waals surface area contributed by atoms with Crippen LogP contribution in [0.25, 0.3) is 0 Å². The standard InChI is InChI=1S/C16H24N6O2S2/c1-19(2)15(23)13-11(7-21(5)17-13)9-25-26-10-12-8-22(6)18-14(12)16(24)20(3)4/h7-8H,9-10H2,1-6H3. The Morgan fingerprint density at radius 1 is 0.846 bits per heavy atom. The lowest BCUT2D eigenvalue weighted by molar-refractivity contribution is 0.0813. The van der Waals surface area contributed by atoms with E-state index in [0.29, 0.717) is 22.9 Å². The molecule has 2 amide bonds. The van der Waals surface area contributed by atoms with Crippen molar-refractivity contribution in [3.63, 3.8) is 0 Å². The highest BCUT2D eigenvalue weighted by Gasteiger charge is 2.19. The number of aryl methyl sites for hydroxylation is 2. The molecular formula is C16H24N6O2S2. The van der Waals surface area contributed by atoms with Crippen molar-refractivity contribution < 1.29 is 9.59 Å². The predicted octanol–water partition coefficient (Wildman–Crippen LogP) is 1.64. The SMILES string of the molecule is CN(C)C(=O)c1nn(C)cc1CSSCc1cn(C)nc1C(=O)N(C)C. The van der Waals surface area contributed by atoms with Crippen LogP contribution in [0.4, 0.5) is 0 Å². The molecule has 2 rings (SSSR count). The van der Waals surface area contributed by atoms with Gasteiger partial charge in [0.25, 0.3) is 11.8 Å². The highest BCUT2D eigenvalue weighted by atomic mass is 33.1. The first-order valence-electron chi connectivity index (χ1n) is 7.93. The van der Waals surface area contributed by atoms with Crippen LogP contribution < -0.4 is 0 Å². The molecule has 2 heterocycles. The molecule has 0 unspecified atom stereocenters. The summed E-state index contributed by atoms with van der Waals surface area (Å²) in [4.78, 5) is 27.5. The van der Waals surface area contributed by atoms with Gasteiger partial charge in [-0.1, -0.05) is 21.6 Å². The van der Waals surface area contributed by atoms with Gasteiger partial charge in [-0.3, -0.25) is 19.0 Å². The van der Waals surface area contributed by atoms with Crippen molar-refractivity contribution in [2.75, 3.05) is 28.2 Å². The number of amides is 2. The molecule has 0 saturated carbocycles. The third kappa shape index (κ3) is 4.82.